The van der Waals surface area contributed by atoms with Crippen molar-refractivity contribution in [2.45, 2.75) is 56.5 Å². The molecule has 0 radical (unpaired) electrons. The Bertz CT molecular complexity index is 1080. The number of aliphatic imine (C=N–C) groups is 1. The molecule has 8 heteroatoms. The number of guanidine groups is 1. The maximum Gasteiger partial charge on any atom is 0.257 e. The molecule has 2 amide bonds. The summed E-state index contributed by atoms with van der Waals surface area (Å²) >= 11 is 0. The highest BCUT2D eigenvalue weighted by atomic mass is 16.2. The van der Waals surface area contributed by atoms with Crippen LogP contribution in [0.5, 0.6) is 0 Å². The Kier molecular flexibility index (Phi) is 6.62. The lowest BCUT2D eigenvalue weighted by atomic mass is 9.75. The predicted molar refractivity (Wildman–Crippen MR) is 127 cm³/mol. The van der Waals surface area contributed by atoms with E-state index in [0.717, 1.165) is 32.1 Å². The number of rotatable bonds is 7. The summed E-state index contributed by atoms with van der Waals surface area (Å²) < 4.78 is 0. The highest BCUT2D eigenvalue weighted by Crippen LogP contribution is 2.38. The molecule has 2 aromatic rings. The Morgan fingerprint density at radius 3 is 2.67 bits per heavy atom. The molecule has 1 fully saturated rings. The van der Waals surface area contributed by atoms with Crippen LogP contribution in [0.1, 0.15) is 54.4 Å². The van der Waals surface area contributed by atoms with Gasteiger partial charge < -0.3 is 16.0 Å². The third-order valence-electron chi connectivity index (χ3n) is 6.84. The number of likely N-dealkylation sites (N-methyl/N-ethyl adjacent to an activating group) is 1. The van der Waals surface area contributed by atoms with Crippen LogP contribution in [0.25, 0.3) is 0 Å². The van der Waals surface area contributed by atoms with Gasteiger partial charge in [-0.15, -0.1) is 0 Å². The van der Waals surface area contributed by atoms with Crippen molar-refractivity contribution in [3.8, 4) is 0 Å². The number of nitrogens with one attached hydrogen (secondary N) is 2. The van der Waals surface area contributed by atoms with Gasteiger partial charge in [0.25, 0.3) is 11.8 Å². The summed E-state index contributed by atoms with van der Waals surface area (Å²) in [5, 5.41) is 3.09. The summed E-state index contributed by atoms with van der Waals surface area (Å²) in [6.07, 6.45) is 7.04. The predicted octanol–water partition coefficient (Wildman–Crippen LogP) is 2.21. The molecule has 2 heterocycles. The molecule has 4 rings (SSSR count). The van der Waals surface area contributed by atoms with Gasteiger partial charge in [0, 0.05) is 25.4 Å². The molecule has 0 spiro atoms. The van der Waals surface area contributed by atoms with Crippen LogP contribution in [0, 0.1) is 5.92 Å². The maximum atomic E-state index is 13.2. The zero-order valence-corrected chi connectivity index (χ0v) is 18.9. The van der Waals surface area contributed by atoms with Crippen LogP contribution in [0.15, 0.2) is 58.4 Å². The number of benzene rings is 1. The van der Waals surface area contributed by atoms with E-state index < -0.39 is 5.54 Å². The fourth-order valence-corrected chi connectivity index (χ4v) is 5.06. The highest BCUT2D eigenvalue weighted by molar-refractivity contribution is 6.06. The van der Waals surface area contributed by atoms with Crippen LogP contribution >= 0.6 is 0 Å². The lowest BCUT2D eigenvalue weighted by Crippen LogP contribution is -2.45. The van der Waals surface area contributed by atoms with E-state index in [-0.39, 0.29) is 35.3 Å². The Balaban J connectivity index is 1.44. The zero-order chi connectivity index (χ0) is 23.4. The lowest BCUT2D eigenvalue weighted by Gasteiger charge is -2.34. The Labute approximate surface area is 193 Å². The maximum absolute atomic E-state index is 13.2. The van der Waals surface area contributed by atoms with Crippen molar-refractivity contribution in [1.82, 2.24) is 15.2 Å². The van der Waals surface area contributed by atoms with Gasteiger partial charge >= 0.3 is 0 Å². The van der Waals surface area contributed by atoms with Gasteiger partial charge in [0.2, 0.25) is 5.56 Å². The van der Waals surface area contributed by atoms with E-state index in [9.17, 15) is 14.4 Å². The van der Waals surface area contributed by atoms with Gasteiger partial charge in [-0.3, -0.25) is 19.3 Å². The van der Waals surface area contributed by atoms with Crippen LogP contribution in [0.2, 0.25) is 0 Å². The summed E-state index contributed by atoms with van der Waals surface area (Å²) in [6, 6.07) is 13.0. The molecule has 1 aromatic carbocycles. The van der Waals surface area contributed by atoms with Crippen LogP contribution < -0.4 is 16.6 Å². The summed E-state index contributed by atoms with van der Waals surface area (Å²) in [7, 11) is 1.68. The number of carbonyl (C=O) groups is 2. The SMILES string of the molecule is CN1C(=O)[C@@](CCc2ccccc2)(C[C@H]2CCC[C@@H](NC(=O)c3ccc(=O)[nH]c3)C2)N=C1N. The third kappa shape index (κ3) is 5.16. The van der Waals surface area contributed by atoms with Crippen molar-refractivity contribution in [1.29, 1.82) is 0 Å². The Morgan fingerprint density at radius 1 is 1.21 bits per heavy atom. The number of aryl methyl sites for hydroxylation is 1. The van der Waals surface area contributed by atoms with Gasteiger partial charge in [0.05, 0.1) is 5.56 Å². The Hall–Kier alpha value is -3.42. The average Bonchev–Trinajstić information content (AvgIpc) is 3.02. The normalized spacial score (nSPS) is 25.1. The lowest BCUT2D eigenvalue weighted by molar-refractivity contribution is -0.131. The minimum Gasteiger partial charge on any atom is -0.369 e. The number of nitrogens with two attached hydrogens (primary N) is 1. The van der Waals surface area contributed by atoms with E-state index in [0.29, 0.717) is 18.4 Å². The molecule has 1 saturated carbocycles. The molecule has 4 N–H and O–H groups in total. The first kappa shape index (κ1) is 22.8. The monoisotopic (exact) mass is 449 g/mol. The molecule has 0 bridgehead atoms. The summed E-state index contributed by atoms with van der Waals surface area (Å²) in [5.41, 5.74) is 6.56. The number of pyridine rings is 1. The van der Waals surface area contributed by atoms with Crippen LogP contribution in [-0.4, -0.2) is 46.3 Å². The van der Waals surface area contributed by atoms with E-state index in [1.807, 2.05) is 18.2 Å². The number of amides is 2. The van der Waals surface area contributed by atoms with Crippen molar-refractivity contribution in [3.63, 3.8) is 0 Å². The summed E-state index contributed by atoms with van der Waals surface area (Å²) in [6.45, 7) is 0. The molecule has 8 nitrogen and oxygen atoms in total. The average molecular weight is 450 g/mol. The van der Waals surface area contributed by atoms with Crippen LogP contribution in [-0.2, 0) is 11.2 Å². The quantitative estimate of drug-likeness (QED) is 0.600. The number of hydrogen-bond donors (Lipinski definition) is 3. The number of H-pyrrole nitrogens is 1. The van der Waals surface area contributed by atoms with Gasteiger partial charge in [0.15, 0.2) is 5.96 Å². The third-order valence-corrected chi connectivity index (χ3v) is 6.84. The molecular weight excluding hydrogens is 418 g/mol. The number of aromatic nitrogens is 1. The molecule has 1 aliphatic carbocycles. The molecule has 1 aromatic heterocycles. The number of carbonyl (C=O) groups excluding carboxylic acids is 2. The van der Waals surface area contributed by atoms with Crippen molar-refractivity contribution in [3.05, 3.63) is 70.1 Å². The number of aromatic amines is 1. The topological polar surface area (TPSA) is 121 Å². The molecule has 174 valence electrons. The fourth-order valence-electron chi connectivity index (χ4n) is 5.06. The fraction of sp³-hybridized carbons (Fsp3) is 0.440. The molecule has 0 unspecified atom stereocenters. The smallest absolute Gasteiger partial charge is 0.257 e. The second kappa shape index (κ2) is 9.60. The van der Waals surface area contributed by atoms with E-state index in [4.69, 9.17) is 5.73 Å². The van der Waals surface area contributed by atoms with Crippen LogP contribution in [0.4, 0.5) is 0 Å². The van der Waals surface area contributed by atoms with Crippen molar-refractivity contribution >= 4 is 17.8 Å². The summed E-state index contributed by atoms with van der Waals surface area (Å²) in [5.74, 6) is 0.277. The minimum atomic E-state index is -0.857. The second-order valence-electron chi connectivity index (χ2n) is 9.20. The van der Waals surface area contributed by atoms with Gasteiger partial charge in [0.1, 0.15) is 5.54 Å². The van der Waals surface area contributed by atoms with E-state index in [1.165, 1.54) is 28.8 Å². The summed E-state index contributed by atoms with van der Waals surface area (Å²) in [4.78, 5) is 45.8. The highest BCUT2D eigenvalue weighted by Gasteiger charge is 2.47. The Morgan fingerprint density at radius 2 is 2.00 bits per heavy atom. The largest absolute Gasteiger partial charge is 0.369 e. The first-order chi connectivity index (χ1) is 15.9. The van der Waals surface area contributed by atoms with Gasteiger partial charge in [-0.1, -0.05) is 43.2 Å². The van der Waals surface area contributed by atoms with Crippen molar-refractivity contribution in [2.24, 2.45) is 16.6 Å². The first-order valence-electron chi connectivity index (χ1n) is 11.5. The molecular formula is C25H31N5O3. The van der Waals surface area contributed by atoms with Gasteiger partial charge in [-0.2, -0.15) is 0 Å². The van der Waals surface area contributed by atoms with Crippen molar-refractivity contribution < 1.29 is 9.59 Å². The standard InChI is InChI=1S/C25H31N5O3/c1-30-23(33)25(29-24(30)26,13-12-17-6-3-2-4-7-17)15-18-8-5-9-20(14-18)28-22(32)19-10-11-21(31)27-16-19/h2-4,6-7,10-11,16,18,20H,5,8-9,12-15H2,1H3,(H2,26,29)(H,27,31)(H,28,32)/t18-,20+,25+/m0/s1. The van der Waals surface area contributed by atoms with Gasteiger partial charge in [-0.05, 0) is 49.7 Å². The molecule has 0 saturated heterocycles. The number of nitrogens with zero attached hydrogens (tertiary/aromatic N) is 2. The van der Waals surface area contributed by atoms with Crippen LogP contribution in [0.3, 0.4) is 0 Å². The van der Waals surface area contributed by atoms with E-state index >= 15 is 0 Å². The molecule has 1 aliphatic heterocycles. The molecule has 2 aliphatic rings. The van der Waals surface area contributed by atoms with E-state index in [1.54, 1.807) is 7.05 Å². The number of hydrogen-bond acceptors (Lipinski definition) is 5. The van der Waals surface area contributed by atoms with Crippen molar-refractivity contribution in [2.75, 3.05) is 7.05 Å². The molecule has 33 heavy (non-hydrogen) atoms. The van der Waals surface area contributed by atoms with E-state index in [2.05, 4.69) is 27.4 Å². The van der Waals surface area contributed by atoms with Gasteiger partial charge in [-0.25, -0.2) is 4.99 Å². The molecule has 3 atom stereocenters. The first-order valence-corrected chi connectivity index (χ1v) is 11.5. The second-order valence-corrected chi connectivity index (χ2v) is 9.20. The zero-order valence-electron chi connectivity index (χ0n) is 18.9. The minimum absolute atomic E-state index is 0.0184.